The second-order valence-electron chi connectivity index (χ2n) is 5.75. The van der Waals surface area contributed by atoms with E-state index in [0.29, 0.717) is 24.6 Å². The Bertz CT molecular complexity index is 584. The average Bonchev–Trinajstić information content (AvgIpc) is 3.11. The fourth-order valence-electron chi connectivity index (χ4n) is 3.16. The molecule has 1 aromatic rings. The Morgan fingerprint density at radius 3 is 2.68 bits per heavy atom. The Hall–Kier alpha value is -1.59. The molecule has 5 nitrogen and oxygen atoms in total. The summed E-state index contributed by atoms with van der Waals surface area (Å²) in [6, 6.07) is 6.70. The standard InChI is InChI=1S/C16H19ClN2O3/c1-2-16(11-5-7-12(17)8-6-11)14(20)19(15(21)18-16)10-13-4-3-9-22-13/h5-8,13H,2-4,9-10H2,1H3,(H,18,21). The van der Waals surface area contributed by atoms with Gasteiger partial charge in [-0.05, 0) is 37.0 Å². The molecule has 1 aromatic carbocycles. The molecule has 3 rings (SSSR count). The Labute approximate surface area is 134 Å². The van der Waals surface area contributed by atoms with Crippen molar-refractivity contribution in [2.75, 3.05) is 13.2 Å². The van der Waals surface area contributed by atoms with E-state index >= 15 is 0 Å². The SMILES string of the molecule is CCC1(c2ccc(Cl)cc2)NC(=O)N(CC2CCCO2)C1=O. The summed E-state index contributed by atoms with van der Waals surface area (Å²) in [7, 11) is 0. The molecule has 0 spiro atoms. The maximum absolute atomic E-state index is 12.9. The predicted octanol–water partition coefficient (Wildman–Crippen LogP) is 2.68. The highest BCUT2D eigenvalue weighted by atomic mass is 35.5. The van der Waals surface area contributed by atoms with E-state index in [1.807, 2.05) is 6.92 Å². The molecule has 2 aliphatic heterocycles. The number of amides is 3. The molecule has 3 amide bonds. The van der Waals surface area contributed by atoms with Gasteiger partial charge in [-0.2, -0.15) is 0 Å². The van der Waals surface area contributed by atoms with Crippen LogP contribution in [-0.2, 0) is 15.1 Å². The number of imide groups is 1. The van der Waals surface area contributed by atoms with Crippen molar-refractivity contribution in [2.45, 2.75) is 37.8 Å². The van der Waals surface area contributed by atoms with Crippen molar-refractivity contribution in [1.29, 1.82) is 0 Å². The van der Waals surface area contributed by atoms with E-state index in [2.05, 4.69) is 5.32 Å². The number of rotatable bonds is 4. The monoisotopic (exact) mass is 322 g/mol. The van der Waals surface area contributed by atoms with Gasteiger partial charge in [0.15, 0.2) is 0 Å². The van der Waals surface area contributed by atoms with Gasteiger partial charge >= 0.3 is 6.03 Å². The molecule has 2 fully saturated rings. The van der Waals surface area contributed by atoms with E-state index in [0.717, 1.165) is 18.4 Å². The average molecular weight is 323 g/mol. The molecule has 2 unspecified atom stereocenters. The molecule has 118 valence electrons. The number of benzene rings is 1. The summed E-state index contributed by atoms with van der Waals surface area (Å²) < 4.78 is 5.54. The lowest BCUT2D eigenvalue weighted by Gasteiger charge is -2.26. The van der Waals surface area contributed by atoms with Gasteiger partial charge in [-0.25, -0.2) is 4.79 Å². The van der Waals surface area contributed by atoms with Gasteiger partial charge in [0, 0.05) is 11.6 Å². The maximum atomic E-state index is 12.9. The largest absolute Gasteiger partial charge is 0.376 e. The summed E-state index contributed by atoms with van der Waals surface area (Å²) in [4.78, 5) is 26.5. The van der Waals surface area contributed by atoms with Crippen molar-refractivity contribution < 1.29 is 14.3 Å². The van der Waals surface area contributed by atoms with Gasteiger partial charge < -0.3 is 10.1 Å². The lowest BCUT2D eigenvalue weighted by atomic mass is 9.87. The zero-order valence-electron chi connectivity index (χ0n) is 12.5. The van der Waals surface area contributed by atoms with E-state index in [9.17, 15) is 9.59 Å². The molecule has 2 aliphatic rings. The smallest absolute Gasteiger partial charge is 0.325 e. The molecule has 0 radical (unpaired) electrons. The van der Waals surface area contributed by atoms with E-state index in [1.165, 1.54) is 4.90 Å². The normalized spacial score (nSPS) is 28.3. The van der Waals surface area contributed by atoms with Crippen molar-refractivity contribution in [3.63, 3.8) is 0 Å². The highest BCUT2D eigenvalue weighted by Crippen LogP contribution is 2.33. The Morgan fingerprint density at radius 1 is 1.36 bits per heavy atom. The van der Waals surface area contributed by atoms with Crippen molar-refractivity contribution in [3.8, 4) is 0 Å². The molecule has 2 saturated heterocycles. The number of carbonyl (C=O) groups is 2. The number of halogens is 1. The van der Waals surface area contributed by atoms with Crippen molar-refractivity contribution in [1.82, 2.24) is 10.2 Å². The van der Waals surface area contributed by atoms with Gasteiger partial charge in [-0.15, -0.1) is 0 Å². The van der Waals surface area contributed by atoms with E-state index in [-0.39, 0.29) is 18.0 Å². The van der Waals surface area contributed by atoms with Gasteiger partial charge in [-0.1, -0.05) is 30.7 Å². The van der Waals surface area contributed by atoms with E-state index in [1.54, 1.807) is 24.3 Å². The number of urea groups is 1. The fourth-order valence-corrected chi connectivity index (χ4v) is 3.28. The van der Waals surface area contributed by atoms with Crippen LogP contribution in [0.1, 0.15) is 31.7 Å². The highest BCUT2D eigenvalue weighted by molar-refractivity contribution is 6.30. The molecule has 2 heterocycles. The lowest BCUT2D eigenvalue weighted by molar-refractivity contribution is -0.132. The summed E-state index contributed by atoms with van der Waals surface area (Å²) in [6.45, 7) is 2.91. The number of hydrogen-bond donors (Lipinski definition) is 1. The van der Waals surface area contributed by atoms with E-state index in [4.69, 9.17) is 16.3 Å². The Kier molecular flexibility index (Phi) is 4.10. The van der Waals surface area contributed by atoms with Gasteiger partial charge in [-0.3, -0.25) is 9.69 Å². The first-order chi connectivity index (χ1) is 10.6. The van der Waals surface area contributed by atoms with Crippen LogP contribution in [0.5, 0.6) is 0 Å². The van der Waals surface area contributed by atoms with Gasteiger partial charge in [0.25, 0.3) is 5.91 Å². The molecule has 0 bridgehead atoms. The first-order valence-corrected chi connectivity index (χ1v) is 7.96. The Morgan fingerprint density at radius 2 is 2.09 bits per heavy atom. The van der Waals surface area contributed by atoms with Crippen LogP contribution in [-0.4, -0.2) is 36.1 Å². The minimum atomic E-state index is -1.000. The Balaban J connectivity index is 1.87. The van der Waals surface area contributed by atoms with Crippen molar-refractivity contribution in [3.05, 3.63) is 34.9 Å². The zero-order chi connectivity index (χ0) is 15.7. The van der Waals surface area contributed by atoms with E-state index < -0.39 is 5.54 Å². The first-order valence-electron chi connectivity index (χ1n) is 7.58. The lowest BCUT2D eigenvalue weighted by Crippen LogP contribution is -2.44. The van der Waals surface area contributed by atoms with Crippen LogP contribution in [0.15, 0.2) is 24.3 Å². The van der Waals surface area contributed by atoms with Crippen LogP contribution in [0.2, 0.25) is 5.02 Å². The van der Waals surface area contributed by atoms with Crippen molar-refractivity contribution >= 4 is 23.5 Å². The molecule has 6 heteroatoms. The number of nitrogens with zero attached hydrogens (tertiary/aromatic N) is 1. The molecule has 0 aromatic heterocycles. The van der Waals surface area contributed by atoms with Crippen LogP contribution < -0.4 is 5.32 Å². The van der Waals surface area contributed by atoms with Crippen LogP contribution in [0.4, 0.5) is 4.79 Å². The minimum absolute atomic E-state index is 0.0485. The highest BCUT2D eigenvalue weighted by Gasteiger charge is 2.51. The second-order valence-corrected chi connectivity index (χ2v) is 6.18. The van der Waals surface area contributed by atoms with Crippen LogP contribution in [0, 0.1) is 0 Å². The molecular weight excluding hydrogens is 304 g/mol. The summed E-state index contributed by atoms with van der Waals surface area (Å²) in [6.07, 6.45) is 2.30. The molecule has 22 heavy (non-hydrogen) atoms. The van der Waals surface area contributed by atoms with Crippen LogP contribution in [0.25, 0.3) is 0 Å². The van der Waals surface area contributed by atoms with Crippen molar-refractivity contribution in [2.24, 2.45) is 0 Å². The van der Waals surface area contributed by atoms with Crippen LogP contribution in [0.3, 0.4) is 0 Å². The van der Waals surface area contributed by atoms with Gasteiger partial charge in [0.1, 0.15) is 5.54 Å². The van der Waals surface area contributed by atoms with Gasteiger partial charge in [0.05, 0.1) is 12.6 Å². The topological polar surface area (TPSA) is 58.6 Å². The third-order valence-electron chi connectivity index (χ3n) is 4.45. The minimum Gasteiger partial charge on any atom is -0.376 e. The maximum Gasteiger partial charge on any atom is 0.325 e. The number of ether oxygens (including phenoxy) is 1. The third-order valence-corrected chi connectivity index (χ3v) is 4.71. The predicted molar refractivity (Wildman–Crippen MR) is 82.6 cm³/mol. The zero-order valence-corrected chi connectivity index (χ0v) is 13.2. The number of nitrogens with one attached hydrogen (secondary N) is 1. The molecular formula is C16H19ClN2O3. The fraction of sp³-hybridized carbons (Fsp3) is 0.500. The second kappa shape index (κ2) is 5.89. The van der Waals surface area contributed by atoms with Gasteiger partial charge in [0.2, 0.25) is 0 Å². The van der Waals surface area contributed by atoms with Crippen LogP contribution >= 0.6 is 11.6 Å². The first kappa shape index (κ1) is 15.3. The number of carbonyl (C=O) groups excluding carboxylic acids is 2. The molecule has 0 saturated carbocycles. The molecule has 1 N–H and O–H groups in total. The summed E-state index contributed by atoms with van der Waals surface area (Å²) in [5.41, 5.74) is -0.243. The summed E-state index contributed by atoms with van der Waals surface area (Å²) in [5.74, 6) is -0.210. The molecule has 0 aliphatic carbocycles. The quantitative estimate of drug-likeness (QED) is 0.867. The molecule has 2 atom stereocenters. The summed E-state index contributed by atoms with van der Waals surface area (Å²) >= 11 is 5.91. The third kappa shape index (κ3) is 2.48. The summed E-state index contributed by atoms with van der Waals surface area (Å²) in [5, 5.41) is 3.47. The number of hydrogen-bond acceptors (Lipinski definition) is 3.